The van der Waals surface area contributed by atoms with E-state index in [9.17, 15) is 9.36 Å². The molecular weight excluding hydrogens is 301 g/mol. The van der Waals surface area contributed by atoms with Crippen molar-refractivity contribution in [3.63, 3.8) is 0 Å². The third kappa shape index (κ3) is 7.74. The molecular formula is C16H26NO4P. The van der Waals surface area contributed by atoms with E-state index < -0.39 is 7.60 Å². The number of benzene rings is 1. The summed E-state index contributed by atoms with van der Waals surface area (Å²) in [5.41, 5.74) is 1.14. The van der Waals surface area contributed by atoms with Crippen LogP contribution in [0.4, 0.5) is 0 Å². The highest BCUT2D eigenvalue weighted by molar-refractivity contribution is 7.54. The predicted molar refractivity (Wildman–Crippen MR) is 88.1 cm³/mol. The van der Waals surface area contributed by atoms with E-state index in [-0.39, 0.29) is 24.3 Å². The molecule has 1 aromatic rings. The molecule has 0 saturated carbocycles. The Hall–Kier alpha value is -1.16. The van der Waals surface area contributed by atoms with Crippen LogP contribution in [0.2, 0.25) is 0 Å². The molecule has 0 aliphatic heterocycles. The molecule has 1 amide bonds. The number of carbonyl (C=O) groups is 1. The molecule has 6 heteroatoms. The van der Waals surface area contributed by atoms with Gasteiger partial charge in [-0.1, -0.05) is 30.3 Å². The van der Waals surface area contributed by atoms with Crippen molar-refractivity contribution < 1.29 is 18.4 Å². The van der Waals surface area contributed by atoms with E-state index in [1.807, 2.05) is 30.3 Å². The normalized spacial score (nSPS) is 11.9. The summed E-state index contributed by atoms with van der Waals surface area (Å²) in [7, 11) is -3.41. The number of nitrogens with one attached hydrogen (secondary N) is 1. The molecule has 0 aliphatic carbocycles. The third-order valence-electron chi connectivity index (χ3n) is 2.66. The van der Waals surface area contributed by atoms with Crippen LogP contribution in [-0.4, -0.2) is 30.8 Å². The molecule has 124 valence electrons. The fourth-order valence-electron chi connectivity index (χ4n) is 1.96. The van der Waals surface area contributed by atoms with Gasteiger partial charge in [-0.15, -0.1) is 0 Å². The second-order valence-corrected chi connectivity index (χ2v) is 7.62. The summed E-state index contributed by atoms with van der Waals surface area (Å²) in [5.74, 6) is -0.319. The second kappa shape index (κ2) is 9.09. The summed E-state index contributed by atoms with van der Waals surface area (Å²) in [5, 5.41) is 2.76. The highest BCUT2D eigenvalue weighted by atomic mass is 31.2. The second-order valence-electron chi connectivity index (χ2n) is 5.66. The minimum absolute atomic E-state index is 0.252. The van der Waals surface area contributed by atoms with Crippen LogP contribution in [0.25, 0.3) is 0 Å². The monoisotopic (exact) mass is 327 g/mol. The van der Waals surface area contributed by atoms with E-state index in [4.69, 9.17) is 9.05 Å². The van der Waals surface area contributed by atoms with Crippen molar-refractivity contribution >= 4 is 13.5 Å². The topological polar surface area (TPSA) is 64.6 Å². The zero-order valence-corrected chi connectivity index (χ0v) is 14.6. The molecule has 0 heterocycles. The van der Waals surface area contributed by atoms with Crippen molar-refractivity contribution in [2.75, 3.05) is 12.7 Å². The Morgan fingerprint density at radius 2 is 1.64 bits per heavy atom. The van der Waals surface area contributed by atoms with Gasteiger partial charge in [-0.3, -0.25) is 9.36 Å². The molecule has 0 atom stereocenters. The molecule has 22 heavy (non-hydrogen) atoms. The minimum atomic E-state index is -3.41. The quantitative estimate of drug-likeness (QED) is 0.706. The standard InChI is InChI=1S/C16H26NO4P/c1-13(2)20-22(19,21-14(3)4)12-16(18)17-11-10-15-8-6-5-7-9-15/h5-9,13-14H,10-12H2,1-4H3,(H,17,18). The number of hydrogen-bond acceptors (Lipinski definition) is 4. The Labute approximate surface area is 132 Å². The first-order valence-corrected chi connectivity index (χ1v) is 9.30. The average molecular weight is 327 g/mol. The molecule has 0 saturated heterocycles. The molecule has 0 unspecified atom stereocenters. The number of amides is 1. The molecule has 1 N–H and O–H groups in total. The molecule has 0 aromatic heterocycles. The van der Waals surface area contributed by atoms with Gasteiger partial charge in [-0.2, -0.15) is 0 Å². The predicted octanol–water partition coefficient (Wildman–Crippen LogP) is 3.39. The van der Waals surface area contributed by atoms with Gasteiger partial charge in [0.05, 0.1) is 12.2 Å². The van der Waals surface area contributed by atoms with Gasteiger partial charge in [0.1, 0.15) is 6.16 Å². The first-order chi connectivity index (χ1) is 10.3. The van der Waals surface area contributed by atoms with Gasteiger partial charge in [0, 0.05) is 6.54 Å². The molecule has 1 aromatic carbocycles. The number of rotatable bonds is 9. The first kappa shape index (κ1) is 18.9. The summed E-state index contributed by atoms with van der Waals surface area (Å²) in [4.78, 5) is 12.0. The number of carbonyl (C=O) groups excluding carboxylic acids is 1. The molecule has 0 radical (unpaired) electrons. The van der Waals surface area contributed by atoms with Gasteiger partial charge in [0.2, 0.25) is 5.91 Å². The van der Waals surface area contributed by atoms with Crippen LogP contribution in [0.1, 0.15) is 33.3 Å². The molecule has 0 spiro atoms. The zero-order valence-electron chi connectivity index (χ0n) is 13.7. The Kier molecular flexibility index (Phi) is 7.80. The summed E-state index contributed by atoms with van der Waals surface area (Å²) < 4.78 is 23.3. The van der Waals surface area contributed by atoms with Gasteiger partial charge < -0.3 is 14.4 Å². The van der Waals surface area contributed by atoms with Crippen molar-refractivity contribution in [3.8, 4) is 0 Å². The van der Waals surface area contributed by atoms with Crippen molar-refractivity contribution in [1.82, 2.24) is 5.32 Å². The zero-order chi connectivity index (χ0) is 16.6. The van der Waals surface area contributed by atoms with Crippen LogP contribution >= 0.6 is 7.60 Å². The van der Waals surface area contributed by atoms with Crippen LogP contribution < -0.4 is 5.32 Å². The summed E-state index contributed by atoms with van der Waals surface area (Å²) in [6.07, 6.45) is -0.0473. The molecule has 0 aliphatic rings. The Morgan fingerprint density at radius 1 is 1.09 bits per heavy atom. The van der Waals surface area contributed by atoms with E-state index in [2.05, 4.69) is 5.32 Å². The lowest BCUT2D eigenvalue weighted by molar-refractivity contribution is -0.118. The highest BCUT2D eigenvalue weighted by Crippen LogP contribution is 2.50. The lowest BCUT2D eigenvalue weighted by atomic mass is 10.1. The summed E-state index contributed by atoms with van der Waals surface area (Å²) >= 11 is 0. The maximum atomic E-state index is 12.6. The minimum Gasteiger partial charge on any atom is -0.355 e. The van der Waals surface area contributed by atoms with Gasteiger partial charge in [-0.25, -0.2) is 0 Å². The maximum absolute atomic E-state index is 12.6. The molecule has 1 rings (SSSR count). The van der Waals surface area contributed by atoms with Crippen LogP contribution in [0, 0.1) is 0 Å². The third-order valence-corrected chi connectivity index (χ3v) is 4.82. The van der Waals surface area contributed by atoms with E-state index in [0.29, 0.717) is 6.54 Å². The van der Waals surface area contributed by atoms with Gasteiger partial charge in [0.15, 0.2) is 0 Å². The van der Waals surface area contributed by atoms with Gasteiger partial charge in [0.25, 0.3) is 0 Å². The Balaban J connectivity index is 2.47. The number of hydrogen-bond donors (Lipinski definition) is 1. The van der Waals surface area contributed by atoms with E-state index in [1.165, 1.54) is 0 Å². The smallest absolute Gasteiger partial charge is 0.340 e. The van der Waals surface area contributed by atoms with E-state index in [1.54, 1.807) is 27.7 Å². The molecule has 5 nitrogen and oxygen atoms in total. The van der Waals surface area contributed by atoms with Crippen LogP contribution in [0.15, 0.2) is 30.3 Å². The average Bonchev–Trinajstić information content (AvgIpc) is 2.37. The Morgan fingerprint density at radius 3 is 2.14 bits per heavy atom. The lowest BCUT2D eigenvalue weighted by Crippen LogP contribution is -2.29. The maximum Gasteiger partial charge on any atom is 0.340 e. The van der Waals surface area contributed by atoms with Crippen molar-refractivity contribution in [2.24, 2.45) is 0 Å². The van der Waals surface area contributed by atoms with Crippen molar-refractivity contribution in [2.45, 2.75) is 46.3 Å². The fraction of sp³-hybridized carbons (Fsp3) is 0.562. The largest absolute Gasteiger partial charge is 0.355 e. The lowest BCUT2D eigenvalue weighted by Gasteiger charge is -2.22. The van der Waals surface area contributed by atoms with Crippen LogP contribution in [-0.2, 0) is 24.8 Å². The summed E-state index contributed by atoms with van der Waals surface area (Å²) in [6.45, 7) is 7.56. The molecule has 0 bridgehead atoms. The van der Waals surface area contributed by atoms with Gasteiger partial charge >= 0.3 is 7.60 Å². The SMILES string of the molecule is CC(C)OP(=O)(CC(=O)NCCc1ccccc1)OC(C)C. The van der Waals surface area contributed by atoms with E-state index in [0.717, 1.165) is 12.0 Å². The van der Waals surface area contributed by atoms with Crippen molar-refractivity contribution in [1.29, 1.82) is 0 Å². The van der Waals surface area contributed by atoms with E-state index >= 15 is 0 Å². The van der Waals surface area contributed by atoms with Crippen LogP contribution in [0.3, 0.4) is 0 Å². The summed E-state index contributed by atoms with van der Waals surface area (Å²) in [6, 6.07) is 9.86. The first-order valence-electron chi connectivity index (χ1n) is 7.57. The van der Waals surface area contributed by atoms with Crippen LogP contribution in [0.5, 0.6) is 0 Å². The Bertz CT molecular complexity index is 488. The fourth-order valence-corrected chi connectivity index (χ4v) is 3.91. The molecule has 0 fully saturated rings. The highest BCUT2D eigenvalue weighted by Gasteiger charge is 2.30. The van der Waals surface area contributed by atoms with Gasteiger partial charge in [-0.05, 0) is 39.7 Å². The van der Waals surface area contributed by atoms with Crippen molar-refractivity contribution in [3.05, 3.63) is 35.9 Å².